The molecule has 0 aliphatic carbocycles. The van der Waals surface area contributed by atoms with Gasteiger partial charge in [-0.3, -0.25) is 0 Å². The smallest absolute Gasteiger partial charge is 0.314 e. The first kappa shape index (κ1) is 16.0. The van der Waals surface area contributed by atoms with Crippen molar-refractivity contribution < 1.29 is 9.90 Å². The lowest BCUT2D eigenvalue weighted by Gasteiger charge is -2.24. The summed E-state index contributed by atoms with van der Waals surface area (Å²) in [7, 11) is 0. The van der Waals surface area contributed by atoms with Gasteiger partial charge < -0.3 is 15.7 Å². The molecule has 0 aromatic carbocycles. The van der Waals surface area contributed by atoms with Gasteiger partial charge in [0.15, 0.2) is 0 Å². The van der Waals surface area contributed by atoms with Crippen LogP contribution >= 0.6 is 11.3 Å². The van der Waals surface area contributed by atoms with Gasteiger partial charge in [-0.05, 0) is 23.3 Å². The summed E-state index contributed by atoms with van der Waals surface area (Å²) in [6, 6.07) is 3.96. The van der Waals surface area contributed by atoms with Gasteiger partial charge in [-0.1, -0.05) is 26.8 Å². The second-order valence-electron chi connectivity index (χ2n) is 5.62. The minimum absolute atomic E-state index is 0.0779. The number of urea groups is 1. The third-order valence-electron chi connectivity index (χ3n) is 3.11. The van der Waals surface area contributed by atoms with Crippen LogP contribution in [0.1, 0.15) is 38.0 Å². The zero-order valence-electron chi connectivity index (χ0n) is 11.9. The molecule has 5 heteroatoms. The molecule has 0 aliphatic rings. The zero-order chi connectivity index (χ0) is 14.3. The van der Waals surface area contributed by atoms with Gasteiger partial charge in [-0.15, -0.1) is 11.3 Å². The van der Waals surface area contributed by atoms with Crippen LogP contribution in [0.4, 0.5) is 4.79 Å². The molecular weight excluding hydrogens is 260 g/mol. The van der Waals surface area contributed by atoms with Crippen LogP contribution in [0.25, 0.3) is 0 Å². The van der Waals surface area contributed by atoms with E-state index in [4.69, 9.17) is 5.11 Å². The van der Waals surface area contributed by atoms with Gasteiger partial charge >= 0.3 is 6.03 Å². The second-order valence-corrected chi connectivity index (χ2v) is 6.60. The van der Waals surface area contributed by atoms with Crippen LogP contribution in [0.5, 0.6) is 0 Å². The van der Waals surface area contributed by atoms with Crippen molar-refractivity contribution in [1.82, 2.24) is 10.6 Å². The molecule has 2 amide bonds. The number of amides is 2. The molecule has 0 saturated heterocycles. The second kappa shape index (κ2) is 7.50. The molecule has 1 atom stereocenters. The third-order valence-corrected chi connectivity index (χ3v) is 4.22. The van der Waals surface area contributed by atoms with E-state index in [1.54, 1.807) is 11.3 Å². The normalized spacial score (nSPS) is 13.1. The maximum absolute atomic E-state index is 11.7. The number of aliphatic hydroxyl groups excluding tert-OH is 1. The Morgan fingerprint density at radius 3 is 2.79 bits per heavy atom. The maximum atomic E-state index is 11.7. The van der Waals surface area contributed by atoms with E-state index in [2.05, 4.69) is 23.6 Å². The number of rotatable bonds is 7. The Morgan fingerprint density at radius 2 is 2.21 bits per heavy atom. The van der Waals surface area contributed by atoms with Crippen molar-refractivity contribution >= 4 is 17.4 Å². The molecule has 1 unspecified atom stereocenters. The van der Waals surface area contributed by atoms with Crippen molar-refractivity contribution in [3.63, 3.8) is 0 Å². The van der Waals surface area contributed by atoms with Gasteiger partial charge in [0, 0.05) is 30.5 Å². The number of carbonyl (C=O) groups is 1. The molecule has 1 aromatic heterocycles. The predicted molar refractivity (Wildman–Crippen MR) is 79.6 cm³/mol. The van der Waals surface area contributed by atoms with E-state index < -0.39 is 0 Å². The highest BCUT2D eigenvalue weighted by Gasteiger charge is 2.18. The fourth-order valence-electron chi connectivity index (χ4n) is 1.69. The Labute approximate surface area is 119 Å². The third kappa shape index (κ3) is 6.07. The molecule has 0 fully saturated rings. The number of hydrogen-bond donors (Lipinski definition) is 3. The number of hydrogen-bond acceptors (Lipinski definition) is 3. The van der Waals surface area contributed by atoms with Crippen molar-refractivity contribution in [3.8, 4) is 0 Å². The molecule has 0 spiro atoms. The topological polar surface area (TPSA) is 61.4 Å². The van der Waals surface area contributed by atoms with E-state index in [-0.39, 0.29) is 18.1 Å². The van der Waals surface area contributed by atoms with Crippen LogP contribution in [0, 0.1) is 5.41 Å². The predicted octanol–water partition coefficient (Wildman–Crippen LogP) is 2.56. The SMILES string of the molecule is CC(CNC(=O)NCC(C)(C)CCO)c1cccs1. The van der Waals surface area contributed by atoms with Crippen LogP contribution in [-0.4, -0.2) is 30.8 Å². The van der Waals surface area contributed by atoms with Crippen LogP contribution in [0.2, 0.25) is 0 Å². The number of thiophene rings is 1. The highest BCUT2D eigenvalue weighted by molar-refractivity contribution is 7.10. The molecule has 19 heavy (non-hydrogen) atoms. The van der Waals surface area contributed by atoms with E-state index in [1.165, 1.54) is 4.88 Å². The molecule has 0 bridgehead atoms. The molecule has 0 aliphatic heterocycles. The lowest BCUT2D eigenvalue weighted by atomic mass is 9.90. The monoisotopic (exact) mass is 284 g/mol. The van der Waals surface area contributed by atoms with Gasteiger partial charge in [-0.25, -0.2) is 4.79 Å². The van der Waals surface area contributed by atoms with Crippen LogP contribution in [0.15, 0.2) is 17.5 Å². The first-order valence-corrected chi connectivity index (χ1v) is 7.48. The number of carbonyl (C=O) groups excluding carboxylic acids is 1. The summed E-state index contributed by atoms with van der Waals surface area (Å²) in [5.74, 6) is 0.330. The standard InChI is InChI=1S/C14H24N2O2S/c1-11(12-5-4-8-19-12)9-15-13(18)16-10-14(2,3)6-7-17/h4-5,8,11,17H,6-7,9-10H2,1-3H3,(H2,15,16,18). The van der Waals surface area contributed by atoms with E-state index >= 15 is 0 Å². The Balaban J connectivity index is 2.25. The minimum Gasteiger partial charge on any atom is -0.396 e. The van der Waals surface area contributed by atoms with Crippen molar-refractivity contribution in [2.75, 3.05) is 19.7 Å². The summed E-state index contributed by atoms with van der Waals surface area (Å²) < 4.78 is 0. The van der Waals surface area contributed by atoms with Crippen LogP contribution < -0.4 is 10.6 Å². The summed E-state index contributed by atoms with van der Waals surface area (Å²) in [5.41, 5.74) is -0.0779. The fourth-order valence-corrected chi connectivity index (χ4v) is 2.48. The van der Waals surface area contributed by atoms with Gasteiger partial charge in [0.1, 0.15) is 0 Å². The van der Waals surface area contributed by atoms with Crippen molar-refractivity contribution in [2.24, 2.45) is 5.41 Å². The van der Waals surface area contributed by atoms with Crippen molar-refractivity contribution in [2.45, 2.75) is 33.1 Å². The highest BCUT2D eigenvalue weighted by Crippen LogP contribution is 2.20. The minimum atomic E-state index is -0.144. The Morgan fingerprint density at radius 1 is 1.47 bits per heavy atom. The first-order chi connectivity index (χ1) is 8.94. The Kier molecular flexibility index (Phi) is 6.31. The van der Waals surface area contributed by atoms with Crippen molar-refractivity contribution in [3.05, 3.63) is 22.4 Å². The quantitative estimate of drug-likeness (QED) is 0.720. The van der Waals surface area contributed by atoms with E-state index in [0.717, 1.165) is 0 Å². The van der Waals surface area contributed by atoms with Gasteiger partial charge in [0.2, 0.25) is 0 Å². The maximum Gasteiger partial charge on any atom is 0.314 e. The van der Waals surface area contributed by atoms with Crippen LogP contribution in [0.3, 0.4) is 0 Å². The highest BCUT2D eigenvalue weighted by atomic mass is 32.1. The van der Waals surface area contributed by atoms with E-state index in [0.29, 0.717) is 25.4 Å². The molecule has 0 saturated carbocycles. The lowest BCUT2D eigenvalue weighted by Crippen LogP contribution is -2.42. The van der Waals surface area contributed by atoms with Gasteiger partial charge in [0.25, 0.3) is 0 Å². The molecule has 3 N–H and O–H groups in total. The fraction of sp³-hybridized carbons (Fsp3) is 0.643. The molecule has 4 nitrogen and oxygen atoms in total. The molecule has 1 rings (SSSR count). The van der Waals surface area contributed by atoms with E-state index in [1.807, 2.05) is 25.3 Å². The average Bonchev–Trinajstić information content (AvgIpc) is 2.87. The summed E-state index contributed by atoms with van der Waals surface area (Å²) >= 11 is 1.71. The molecule has 1 heterocycles. The van der Waals surface area contributed by atoms with Crippen LogP contribution in [-0.2, 0) is 0 Å². The number of aliphatic hydroxyl groups is 1. The molecule has 108 valence electrons. The first-order valence-electron chi connectivity index (χ1n) is 6.60. The lowest BCUT2D eigenvalue weighted by molar-refractivity contribution is 0.201. The van der Waals surface area contributed by atoms with Gasteiger partial charge in [-0.2, -0.15) is 0 Å². The largest absolute Gasteiger partial charge is 0.396 e. The van der Waals surface area contributed by atoms with Crippen molar-refractivity contribution in [1.29, 1.82) is 0 Å². The average molecular weight is 284 g/mol. The Bertz CT molecular complexity index is 377. The summed E-state index contributed by atoms with van der Waals surface area (Å²) in [6.45, 7) is 7.49. The van der Waals surface area contributed by atoms with Gasteiger partial charge in [0.05, 0.1) is 0 Å². The number of nitrogens with one attached hydrogen (secondary N) is 2. The summed E-state index contributed by atoms with van der Waals surface area (Å²) in [4.78, 5) is 13.0. The zero-order valence-corrected chi connectivity index (χ0v) is 12.7. The Hall–Kier alpha value is -1.07. The van der Waals surface area contributed by atoms with E-state index in [9.17, 15) is 4.79 Å². The molecular formula is C14H24N2O2S. The molecule has 1 aromatic rings. The summed E-state index contributed by atoms with van der Waals surface area (Å²) in [5, 5.41) is 16.7. The molecule has 0 radical (unpaired) electrons. The summed E-state index contributed by atoms with van der Waals surface area (Å²) in [6.07, 6.45) is 0.679.